The van der Waals surface area contributed by atoms with Crippen LogP contribution in [-0.4, -0.2) is 25.9 Å². The first-order chi connectivity index (χ1) is 9.74. The van der Waals surface area contributed by atoms with Gasteiger partial charge in [-0.05, 0) is 37.1 Å². The number of ether oxygens (including phenoxy) is 1. The van der Waals surface area contributed by atoms with E-state index in [2.05, 4.69) is 5.32 Å². The molecule has 1 N–H and O–H groups in total. The van der Waals surface area contributed by atoms with Crippen molar-refractivity contribution in [3.05, 3.63) is 34.1 Å². The highest BCUT2D eigenvalue weighted by Gasteiger charge is 2.28. The second kappa shape index (κ2) is 7.96. The Kier molecular flexibility index (Phi) is 6.90. The molecule has 1 atom stereocenters. The van der Waals surface area contributed by atoms with Gasteiger partial charge in [0, 0.05) is 5.02 Å². The number of benzene rings is 1. The molecule has 1 aromatic rings. The van der Waals surface area contributed by atoms with E-state index in [0.29, 0.717) is 17.7 Å². The van der Waals surface area contributed by atoms with Crippen LogP contribution in [0.15, 0.2) is 12.1 Å². The highest BCUT2D eigenvalue weighted by Crippen LogP contribution is 2.27. The van der Waals surface area contributed by atoms with Gasteiger partial charge < -0.3 is 10.1 Å². The Bertz CT molecular complexity index is 465. The van der Waals surface area contributed by atoms with E-state index in [0.717, 1.165) is 12.5 Å². The average molecular weight is 328 g/mol. The van der Waals surface area contributed by atoms with Gasteiger partial charge in [-0.15, -0.1) is 0 Å². The van der Waals surface area contributed by atoms with Gasteiger partial charge in [0.1, 0.15) is 12.4 Å². The first-order valence-corrected chi connectivity index (χ1v) is 6.95. The molecule has 0 aliphatic heterocycles. The van der Waals surface area contributed by atoms with Gasteiger partial charge in [0.2, 0.25) is 0 Å². The monoisotopic (exact) mass is 327 g/mol. The molecule has 1 rings (SSSR count). The Morgan fingerprint density at radius 2 is 2.00 bits per heavy atom. The molecule has 0 aromatic heterocycles. The van der Waals surface area contributed by atoms with E-state index >= 15 is 0 Å². The number of halogens is 5. The number of hydrogen-bond acceptors (Lipinski definition) is 2. The lowest BCUT2D eigenvalue weighted by Crippen LogP contribution is -2.29. The minimum absolute atomic E-state index is 0.169. The number of hydrogen-bond donors (Lipinski definition) is 1. The molecule has 0 fully saturated rings. The van der Waals surface area contributed by atoms with Crippen molar-refractivity contribution in [3.63, 3.8) is 0 Å². The van der Waals surface area contributed by atoms with Crippen molar-refractivity contribution in [2.75, 3.05) is 19.8 Å². The fourth-order valence-corrected chi connectivity index (χ4v) is 2.10. The summed E-state index contributed by atoms with van der Waals surface area (Å²) in [4.78, 5) is 0. The number of alkyl halides is 3. The number of nitrogens with one attached hydrogen (secondary N) is 1. The molecular formula is C14H18ClF4NO. The van der Waals surface area contributed by atoms with Gasteiger partial charge in [0.25, 0.3) is 0 Å². The number of aryl methyl sites for hydroxylation is 1. The minimum atomic E-state index is -4.38. The third-order valence-corrected chi connectivity index (χ3v) is 3.17. The van der Waals surface area contributed by atoms with Crippen LogP contribution in [0.25, 0.3) is 0 Å². The highest BCUT2D eigenvalue weighted by atomic mass is 35.5. The lowest BCUT2D eigenvalue weighted by atomic mass is 10.0. The van der Waals surface area contributed by atoms with Gasteiger partial charge in [0.05, 0.1) is 12.6 Å². The van der Waals surface area contributed by atoms with Crippen LogP contribution in [-0.2, 0) is 4.74 Å². The molecule has 0 bridgehead atoms. The van der Waals surface area contributed by atoms with Crippen molar-refractivity contribution in [1.82, 2.24) is 5.32 Å². The van der Waals surface area contributed by atoms with E-state index in [-0.39, 0.29) is 11.6 Å². The van der Waals surface area contributed by atoms with E-state index in [4.69, 9.17) is 16.3 Å². The first kappa shape index (κ1) is 18.2. The lowest BCUT2D eigenvalue weighted by molar-refractivity contribution is -0.175. The van der Waals surface area contributed by atoms with E-state index in [1.54, 1.807) is 6.92 Å². The molecule has 0 heterocycles. The summed E-state index contributed by atoms with van der Waals surface area (Å²) in [6.07, 6.45) is -3.58. The van der Waals surface area contributed by atoms with Crippen molar-refractivity contribution in [1.29, 1.82) is 0 Å². The molecule has 120 valence electrons. The molecule has 1 unspecified atom stereocenters. The summed E-state index contributed by atoms with van der Waals surface area (Å²) < 4.78 is 54.5. The van der Waals surface area contributed by atoms with Crippen LogP contribution in [0.3, 0.4) is 0 Å². The van der Waals surface area contributed by atoms with Crippen molar-refractivity contribution in [3.8, 4) is 0 Å². The van der Waals surface area contributed by atoms with Crippen LogP contribution in [0.5, 0.6) is 0 Å². The predicted octanol–water partition coefficient (Wildman–Crippen LogP) is 4.41. The summed E-state index contributed by atoms with van der Waals surface area (Å²) >= 11 is 5.99. The topological polar surface area (TPSA) is 21.3 Å². The summed E-state index contributed by atoms with van der Waals surface area (Å²) in [6.45, 7) is 2.58. The molecule has 0 amide bonds. The smallest absolute Gasteiger partial charge is 0.370 e. The van der Waals surface area contributed by atoms with Crippen LogP contribution >= 0.6 is 11.6 Å². The van der Waals surface area contributed by atoms with E-state index in [9.17, 15) is 17.6 Å². The SMILES string of the molecule is CCCNC(COCC(F)(F)F)c1cc(C)c(F)cc1Cl. The Hall–Kier alpha value is -0.850. The molecule has 0 aliphatic rings. The summed E-state index contributed by atoms with van der Waals surface area (Å²) in [6, 6.07) is 2.18. The molecule has 0 radical (unpaired) electrons. The maximum Gasteiger partial charge on any atom is 0.411 e. The van der Waals surface area contributed by atoms with Crippen LogP contribution in [0, 0.1) is 12.7 Å². The fourth-order valence-electron chi connectivity index (χ4n) is 1.82. The van der Waals surface area contributed by atoms with Crippen molar-refractivity contribution >= 4 is 11.6 Å². The Morgan fingerprint density at radius 1 is 1.33 bits per heavy atom. The van der Waals surface area contributed by atoms with Crippen molar-refractivity contribution in [2.24, 2.45) is 0 Å². The van der Waals surface area contributed by atoms with Gasteiger partial charge in [-0.25, -0.2) is 4.39 Å². The molecule has 0 saturated carbocycles. The summed E-state index contributed by atoms with van der Waals surface area (Å²) in [7, 11) is 0. The molecule has 21 heavy (non-hydrogen) atoms. The molecule has 1 aromatic carbocycles. The van der Waals surface area contributed by atoms with E-state index < -0.39 is 24.6 Å². The zero-order valence-corrected chi connectivity index (χ0v) is 12.6. The number of rotatable bonds is 7. The minimum Gasteiger partial charge on any atom is -0.370 e. The van der Waals surface area contributed by atoms with Gasteiger partial charge in [-0.1, -0.05) is 24.6 Å². The summed E-state index contributed by atoms with van der Waals surface area (Å²) in [5.41, 5.74) is 0.916. The molecule has 0 saturated heterocycles. The largest absolute Gasteiger partial charge is 0.411 e. The van der Waals surface area contributed by atoms with Crippen molar-refractivity contribution < 1.29 is 22.3 Å². The van der Waals surface area contributed by atoms with Crippen LogP contribution < -0.4 is 5.32 Å². The van der Waals surface area contributed by atoms with Gasteiger partial charge >= 0.3 is 6.18 Å². The molecule has 2 nitrogen and oxygen atoms in total. The normalized spacial score (nSPS) is 13.5. The van der Waals surface area contributed by atoms with E-state index in [1.165, 1.54) is 6.07 Å². The second-order valence-corrected chi connectivity index (χ2v) is 5.17. The maximum atomic E-state index is 13.4. The lowest BCUT2D eigenvalue weighted by Gasteiger charge is -2.21. The highest BCUT2D eigenvalue weighted by molar-refractivity contribution is 6.31. The summed E-state index contributed by atoms with van der Waals surface area (Å²) in [5, 5.41) is 3.23. The standard InChI is InChI=1S/C14H18ClF4NO/c1-3-4-20-13(7-21-8-14(17,18)19)10-5-9(2)12(16)6-11(10)15/h5-6,13,20H,3-4,7-8H2,1-2H3. The molecule has 7 heteroatoms. The van der Waals surface area contributed by atoms with Crippen LogP contribution in [0.1, 0.15) is 30.5 Å². The molecule has 0 spiro atoms. The molecular weight excluding hydrogens is 310 g/mol. The Labute approximate surface area is 126 Å². The van der Waals surface area contributed by atoms with Gasteiger partial charge in [-0.2, -0.15) is 13.2 Å². The Morgan fingerprint density at radius 3 is 2.57 bits per heavy atom. The zero-order valence-electron chi connectivity index (χ0n) is 11.9. The predicted molar refractivity (Wildman–Crippen MR) is 74.1 cm³/mol. The van der Waals surface area contributed by atoms with Gasteiger partial charge in [-0.3, -0.25) is 0 Å². The van der Waals surface area contributed by atoms with E-state index in [1.807, 2.05) is 6.92 Å². The summed E-state index contributed by atoms with van der Waals surface area (Å²) in [5.74, 6) is -0.450. The maximum absolute atomic E-state index is 13.4. The van der Waals surface area contributed by atoms with Crippen molar-refractivity contribution in [2.45, 2.75) is 32.5 Å². The quantitative estimate of drug-likeness (QED) is 0.749. The average Bonchev–Trinajstić information content (AvgIpc) is 2.37. The first-order valence-electron chi connectivity index (χ1n) is 6.58. The fraction of sp³-hybridized carbons (Fsp3) is 0.571. The third kappa shape index (κ3) is 6.20. The Balaban J connectivity index is 2.84. The van der Waals surface area contributed by atoms with Crippen LogP contribution in [0.4, 0.5) is 17.6 Å². The third-order valence-electron chi connectivity index (χ3n) is 2.84. The molecule has 0 aliphatic carbocycles. The zero-order chi connectivity index (χ0) is 16.0. The van der Waals surface area contributed by atoms with Crippen LogP contribution in [0.2, 0.25) is 5.02 Å². The van der Waals surface area contributed by atoms with Gasteiger partial charge in [0.15, 0.2) is 0 Å². The second-order valence-electron chi connectivity index (χ2n) is 4.76.